The van der Waals surface area contributed by atoms with E-state index in [2.05, 4.69) is 51.5 Å². The minimum atomic E-state index is 0.798. The van der Waals surface area contributed by atoms with Crippen LogP contribution in [0.5, 0.6) is 0 Å². The van der Waals surface area contributed by atoms with Gasteiger partial charge in [0.25, 0.3) is 0 Å². The molecule has 0 spiro atoms. The van der Waals surface area contributed by atoms with Gasteiger partial charge in [0.15, 0.2) is 0 Å². The Bertz CT molecular complexity index is 497. The lowest BCUT2D eigenvalue weighted by atomic mass is 10.2. The van der Waals surface area contributed by atoms with Crippen molar-refractivity contribution in [1.82, 2.24) is 4.90 Å². The van der Waals surface area contributed by atoms with E-state index in [0.29, 0.717) is 0 Å². The van der Waals surface area contributed by atoms with Gasteiger partial charge in [-0.1, -0.05) is 28.1 Å². The summed E-state index contributed by atoms with van der Waals surface area (Å²) in [6.07, 6.45) is 1.11. The summed E-state index contributed by atoms with van der Waals surface area (Å²) in [6.45, 7) is 2.00. The van der Waals surface area contributed by atoms with Gasteiger partial charge in [-0.3, -0.25) is 0 Å². The molecule has 0 aliphatic carbocycles. The first kappa shape index (κ1) is 13.6. The van der Waals surface area contributed by atoms with Crippen molar-refractivity contribution in [3.05, 3.63) is 50.6 Å². The molecule has 96 valence electrons. The van der Waals surface area contributed by atoms with E-state index in [9.17, 15) is 0 Å². The number of likely N-dealkylation sites (N-methyl/N-ethyl adjacent to an activating group) is 1. The Labute approximate surface area is 121 Å². The smallest absolute Gasteiger partial charge is 0.0325 e. The first-order chi connectivity index (χ1) is 8.65. The van der Waals surface area contributed by atoms with Crippen molar-refractivity contribution in [2.75, 3.05) is 19.3 Å². The molecule has 0 saturated heterocycles. The number of rotatable bonds is 5. The zero-order valence-corrected chi connectivity index (χ0v) is 12.8. The minimum absolute atomic E-state index is 0.798. The normalized spacial score (nSPS) is 11.1. The zero-order chi connectivity index (χ0) is 13.0. The third-order valence-electron chi connectivity index (χ3n) is 2.84. The van der Waals surface area contributed by atoms with E-state index in [1.54, 1.807) is 0 Å². The van der Waals surface area contributed by atoms with E-state index < -0.39 is 0 Å². The van der Waals surface area contributed by atoms with Crippen LogP contribution >= 0.6 is 27.3 Å². The zero-order valence-electron chi connectivity index (χ0n) is 10.4. The predicted molar refractivity (Wildman–Crippen MR) is 82.9 cm³/mol. The molecule has 0 amide bonds. The summed E-state index contributed by atoms with van der Waals surface area (Å²) in [4.78, 5) is 3.77. The standard InChI is InChI=1S/C14H17BrN2S/c1-17(7-6-13-3-2-8-18-13)10-11-4-5-12(16)9-14(11)15/h2-5,8-9H,6-7,10,16H2,1H3. The Hall–Kier alpha value is -0.840. The van der Waals surface area contributed by atoms with Crippen molar-refractivity contribution >= 4 is 33.0 Å². The summed E-state index contributed by atoms with van der Waals surface area (Å²) in [5, 5.41) is 2.13. The molecular weight excluding hydrogens is 308 g/mol. The number of hydrogen-bond donors (Lipinski definition) is 1. The molecule has 2 nitrogen and oxygen atoms in total. The van der Waals surface area contributed by atoms with Gasteiger partial charge in [0, 0.05) is 28.1 Å². The van der Waals surface area contributed by atoms with Crippen LogP contribution in [0.1, 0.15) is 10.4 Å². The number of nitrogen functional groups attached to an aromatic ring is 1. The fraction of sp³-hybridized carbons (Fsp3) is 0.286. The van der Waals surface area contributed by atoms with E-state index >= 15 is 0 Å². The maximum absolute atomic E-state index is 5.74. The molecule has 4 heteroatoms. The lowest BCUT2D eigenvalue weighted by molar-refractivity contribution is 0.331. The van der Waals surface area contributed by atoms with Gasteiger partial charge in [-0.05, 0) is 42.6 Å². The molecular formula is C14H17BrN2S. The summed E-state index contributed by atoms with van der Waals surface area (Å²) in [5.41, 5.74) is 7.81. The Kier molecular flexibility index (Phi) is 4.80. The molecule has 0 saturated carbocycles. The van der Waals surface area contributed by atoms with Crippen LogP contribution in [-0.4, -0.2) is 18.5 Å². The molecule has 0 atom stereocenters. The lowest BCUT2D eigenvalue weighted by Crippen LogP contribution is -2.20. The van der Waals surface area contributed by atoms with Crippen LogP contribution in [0.2, 0.25) is 0 Å². The fourth-order valence-electron chi connectivity index (χ4n) is 1.82. The van der Waals surface area contributed by atoms with Gasteiger partial charge in [-0.25, -0.2) is 0 Å². The molecule has 2 N–H and O–H groups in total. The first-order valence-electron chi connectivity index (χ1n) is 5.90. The number of benzene rings is 1. The molecule has 2 rings (SSSR count). The van der Waals surface area contributed by atoms with Crippen molar-refractivity contribution in [3.63, 3.8) is 0 Å². The molecule has 0 bridgehead atoms. The van der Waals surface area contributed by atoms with E-state index in [0.717, 1.165) is 29.7 Å². The van der Waals surface area contributed by atoms with Crippen molar-refractivity contribution in [3.8, 4) is 0 Å². The van der Waals surface area contributed by atoms with Crippen LogP contribution < -0.4 is 5.73 Å². The van der Waals surface area contributed by atoms with Crippen LogP contribution in [-0.2, 0) is 13.0 Å². The molecule has 0 radical (unpaired) electrons. The second-order valence-corrected chi connectivity index (χ2v) is 6.30. The monoisotopic (exact) mass is 324 g/mol. The number of anilines is 1. The molecule has 1 aromatic heterocycles. The number of hydrogen-bond acceptors (Lipinski definition) is 3. The highest BCUT2D eigenvalue weighted by Gasteiger charge is 2.05. The molecule has 0 aliphatic heterocycles. The first-order valence-corrected chi connectivity index (χ1v) is 7.57. The van der Waals surface area contributed by atoms with Crippen LogP contribution in [0.3, 0.4) is 0 Å². The van der Waals surface area contributed by atoms with E-state index in [1.165, 1.54) is 10.4 Å². The van der Waals surface area contributed by atoms with Crippen LogP contribution in [0.15, 0.2) is 40.2 Å². The summed E-state index contributed by atoms with van der Waals surface area (Å²) >= 11 is 5.38. The van der Waals surface area contributed by atoms with Crippen molar-refractivity contribution < 1.29 is 0 Å². The highest BCUT2D eigenvalue weighted by Crippen LogP contribution is 2.21. The van der Waals surface area contributed by atoms with Gasteiger partial charge in [0.2, 0.25) is 0 Å². The summed E-state index contributed by atoms with van der Waals surface area (Å²) in [6, 6.07) is 10.3. The van der Waals surface area contributed by atoms with Gasteiger partial charge in [0.05, 0.1) is 0 Å². The lowest BCUT2D eigenvalue weighted by Gasteiger charge is -2.17. The Morgan fingerprint density at radius 3 is 2.83 bits per heavy atom. The van der Waals surface area contributed by atoms with Gasteiger partial charge in [-0.2, -0.15) is 0 Å². The second-order valence-electron chi connectivity index (χ2n) is 4.42. The van der Waals surface area contributed by atoms with Crippen molar-refractivity contribution in [1.29, 1.82) is 0 Å². The Morgan fingerprint density at radius 2 is 2.17 bits per heavy atom. The average Bonchev–Trinajstić information content (AvgIpc) is 2.83. The van der Waals surface area contributed by atoms with Gasteiger partial charge in [-0.15, -0.1) is 11.3 Å². The number of thiophene rings is 1. The quantitative estimate of drug-likeness (QED) is 0.848. The Balaban J connectivity index is 1.88. The maximum atomic E-state index is 5.74. The molecule has 18 heavy (non-hydrogen) atoms. The molecule has 0 unspecified atom stereocenters. The van der Waals surface area contributed by atoms with Crippen molar-refractivity contribution in [2.24, 2.45) is 0 Å². The molecule has 0 aliphatic rings. The summed E-state index contributed by atoms with van der Waals surface area (Å²) in [7, 11) is 2.15. The highest BCUT2D eigenvalue weighted by atomic mass is 79.9. The van der Waals surface area contributed by atoms with E-state index in [-0.39, 0.29) is 0 Å². The minimum Gasteiger partial charge on any atom is -0.399 e. The topological polar surface area (TPSA) is 29.3 Å². The summed E-state index contributed by atoms with van der Waals surface area (Å²) in [5.74, 6) is 0. The number of halogens is 1. The Morgan fingerprint density at radius 1 is 1.33 bits per heavy atom. The number of nitrogens with two attached hydrogens (primary N) is 1. The SMILES string of the molecule is CN(CCc1cccs1)Cc1ccc(N)cc1Br. The number of nitrogens with zero attached hydrogens (tertiary/aromatic N) is 1. The maximum Gasteiger partial charge on any atom is 0.0325 e. The van der Waals surface area contributed by atoms with Crippen LogP contribution in [0.25, 0.3) is 0 Å². The van der Waals surface area contributed by atoms with Crippen LogP contribution in [0.4, 0.5) is 5.69 Å². The predicted octanol–water partition coefficient (Wildman–Crippen LogP) is 3.77. The third kappa shape index (κ3) is 3.83. The fourth-order valence-corrected chi connectivity index (χ4v) is 3.04. The molecule has 2 aromatic rings. The van der Waals surface area contributed by atoms with Crippen LogP contribution in [0, 0.1) is 0 Å². The molecule has 1 heterocycles. The second kappa shape index (κ2) is 6.36. The van der Waals surface area contributed by atoms with E-state index in [1.807, 2.05) is 23.5 Å². The van der Waals surface area contributed by atoms with Gasteiger partial charge >= 0.3 is 0 Å². The van der Waals surface area contributed by atoms with Gasteiger partial charge < -0.3 is 10.6 Å². The third-order valence-corrected chi connectivity index (χ3v) is 4.51. The van der Waals surface area contributed by atoms with Gasteiger partial charge in [0.1, 0.15) is 0 Å². The molecule has 1 aromatic carbocycles. The largest absolute Gasteiger partial charge is 0.399 e. The molecule has 0 fully saturated rings. The summed E-state index contributed by atoms with van der Waals surface area (Å²) < 4.78 is 1.09. The van der Waals surface area contributed by atoms with Crippen molar-refractivity contribution in [2.45, 2.75) is 13.0 Å². The van der Waals surface area contributed by atoms with E-state index in [4.69, 9.17) is 5.73 Å². The highest BCUT2D eigenvalue weighted by molar-refractivity contribution is 9.10. The average molecular weight is 325 g/mol.